The van der Waals surface area contributed by atoms with Crippen LogP contribution < -0.4 is 10.6 Å². The molecule has 2 amide bonds. The van der Waals surface area contributed by atoms with E-state index in [0.29, 0.717) is 6.54 Å². The molecule has 0 bridgehead atoms. The highest BCUT2D eigenvalue weighted by atomic mass is 35.5. The summed E-state index contributed by atoms with van der Waals surface area (Å²) in [5.41, 5.74) is 0.276. The normalized spacial score (nSPS) is 9.88. The molecule has 0 atom stereocenters. The molecular formula is C10H13ClN2O3. The van der Waals surface area contributed by atoms with Gasteiger partial charge < -0.3 is 15.1 Å². The van der Waals surface area contributed by atoms with Gasteiger partial charge in [0.2, 0.25) is 11.1 Å². The van der Waals surface area contributed by atoms with Gasteiger partial charge in [-0.05, 0) is 24.6 Å². The van der Waals surface area contributed by atoms with E-state index in [1.807, 2.05) is 6.92 Å². The zero-order valence-electron chi connectivity index (χ0n) is 8.88. The monoisotopic (exact) mass is 244 g/mol. The maximum absolute atomic E-state index is 11.5. The molecule has 2 N–H and O–H groups in total. The summed E-state index contributed by atoms with van der Waals surface area (Å²) in [6, 6.07) is 1.48. The fourth-order valence-corrected chi connectivity index (χ4v) is 1.33. The minimum atomic E-state index is -0.344. The first-order chi connectivity index (χ1) is 7.65. The molecule has 1 aromatic heterocycles. The van der Waals surface area contributed by atoms with Crippen molar-refractivity contribution in [2.75, 3.05) is 13.1 Å². The standard InChI is InChI=1S/C10H13ClN2O3/c1-2-12-8(14)3-5-13-10(15)7-4-6-16-9(7)11/h4,6H,2-3,5H2,1H3,(H,12,14)(H,13,15). The number of amides is 2. The van der Waals surface area contributed by atoms with Crippen LogP contribution in [-0.2, 0) is 4.79 Å². The molecule has 0 spiro atoms. The largest absolute Gasteiger partial charge is 0.452 e. The van der Waals surface area contributed by atoms with Gasteiger partial charge in [0.05, 0.1) is 11.8 Å². The summed E-state index contributed by atoms with van der Waals surface area (Å²) in [6.45, 7) is 2.69. The van der Waals surface area contributed by atoms with Gasteiger partial charge in [-0.25, -0.2) is 0 Å². The molecule has 16 heavy (non-hydrogen) atoms. The van der Waals surface area contributed by atoms with E-state index in [-0.39, 0.29) is 35.6 Å². The first kappa shape index (κ1) is 12.6. The fraction of sp³-hybridized carbons (Fsp3) is 0.400. The van der Waals surface area contributed by atoms with Gasteiger partial charge in [-0.15, -0.1) is 0 Å². The van der Waals surface area contributed by atoms with Crippen LogP contribution >= 0.6 is 11.6 Å². The molecule has 0 unspecified atom stereocenters. The highest BCUT2D eigenvalue weighted by molar-refractivity contribution is 6.32. The molecule has 6 heteroatoms. The van der Waals surface area contributed by atoms with Crippen LogP contribution in [-0.4, -0.2) is 24.9 Å². The lowest BCUT2D eigenvalue weighted by atomic mass is 10.3. The summed E-state index contributed by atoms with van der Waals surface area (Å²) >= 11 is 5.62. The van der Waals surface area contributed by atoms with Gasteiger partial charge >= 0.3 is 0 Å². The van der Waals surface area contributed by atoms with Gasteiger partial charge in [-0.1, -0.05) is 0 Å². The van der Waals surface area contributed by atoms with Crippen molar-refractivity contribution in [2.24, 2.45) is 0 Å². The Labute approximate surface area is 98.1 Å². The first-order valence-electron chi connectivity index (χ1n) is 4.93. The van der Waals surface area contributed by atoms with Crippen LogP contribution in [0.3, 0.4) is 0 Å². The van der Waals surface area contributed by atoms with Crippen molar-refractivity contribution >= 4 is 23.4 Å². The minimum absolute atomic E-state index is 0.0514. The van der Waals surface area contributed by atoms with E-state index in [4.69, 9.17) is 16.0 Å². The van der Waals surface area contributed by atoms with Gasteiger partial charge in [0.1, 0.15) is 0 Å². The lowest BCUT2D eigenvalue weighted by molar-refractivity contribution is -0.120. The SMILES string of the molecule is CCNC(=O)CCNC(=O)c1ccoc1Cl. The van der Waals surface area contributed by atoms with Gasteiger partial charge in [0.25, 0.3) is 5.91 Å². The zero-order valence-corrected chi connectivity index (χ0v) is 9.63. The Balaban J connectivity index is 2.31. The van der Waals surface area contributed by atoms with Crippen molar-refractivity contribution in [3.8, 4) is 0 Å². The van der Waals surface area contributed by atoms with Crippen molar-refractivity contribution < 1.29 is 14.0 Å². The number of nitrogens with one attached hydrogen (secondary N) is 2. The Bertz CT molecular complexity index is 376. The van der Waals surface area contributed by atoms with Crippen molar-refractivity contribution in [1.29, 1.82) is 0 Å². The van der Waals surface area contributed by atoms with Crippen LogP contribution in [0.2, 0.25) is 5.22 Å². The van der Waals surface area contributed by atoms with E-state index in [9.17, 15) is 9.59 Å². The molecule has 0 fully saturated rings. The summed E-state index contributed by atoms with van der Waals surface area (Å²) in [5.74, 6) is -0.441. The molecule has 1 aromatic rings. The predicted octanol–water partition coefficient (Wildman–Crippen LogP) is 1.19. The van der Waals surface area contributed by atoms with Crippen molar-refractivity contribution in [1.82, 2.24) is 10.6 Å². The summed E-state index contributed by atoms with van der Waals surface area (Å²) < 4.78 is 4.78. The van der Waals surface area contributed by atoms with Gasteiger partial charge in [0.15, 0.2) is 0 Å². The van der Waals surface area contributed by atoms with E-state index < -0.39 is 0 Å². The maximum Gasteiger partial charge on any atom is 0.256 e. The summed E-state index contributed by atoms with van der Waals surface area (Å²) in [4.78, 5) is 22.5. The highest BCUT2D eigenvalue weighted by Crippen LogP contribution is 2.15. The molecule has 0 aromatic carbocycles. The molecule has 0 aliphatic carbocycles. The van der Waals surface area contributed by atoms with Crippen molar-refractivity contribution in [3.05, 3.63) is 23.1 Å². The molecule has 88 valence electrons. The van der Waals surface area contributed by atoms with E-state index in [1.54, 1.807) is 0 Å². The predicted molar refractivity (Wildman–Crippen MR) is 59.4 cm³/mol. The molecule has 1 heterocycles. The first-order valence-corrected chi connectivity index (χ1v) is 5.30. The molecule has 0 saturated carbocycles. The van der Waals surface area contributed by atoms with Crippen molar-refractivity contribution in [3.63, 3.8) is 0 Å². The third kappa shape index (κ3) is 3.58. The van der Waals surface area contributed by atoms with Gasteiger partial charge in [-0.2, -0.15) is 0 Å². The Hall–Kier alpha value is -1.49. The van der Waals surface area contributed by atoms with Crippen LogP contribution in [0.25, 0.3) is 0 Å². The molecule has 1 rings (SSSR count). The molecule has 5 nitrogen and oxygen atoms in total. The van der Waals surface area contributed by atoms with Gasteiger partial charge in [0, 0.05) is 19.5 Å². The Morgan fingerprint density at radius 3 is 2.75 bits per heavy atom. The number of carbonyl (C=O) groups is 2. The van der Waals surface area contributed by atoms with Crippen LogP contribution in [0.1, 0.15) is 23.7 Å². The average molecular weight is 245 g/mol. The number of hydrogen-bond acceptors (Lipinski definition) is 3. The van der Waals surface area contributed by atoms with E-state index >= 15 is 0 Å². The number of halogens is 1. The summed E-state index contributed by atoms with van der Waals surface area (Å²) in [7, 11) is 0. The second-order valence-corrected chi connectivity index (χ2v) is 3.41. The topological polar surface area (TPSA) is 71.3 Å². The minimum Gasteiger partial charge on any atom is -0.452 e. The zero-order chi connectivity index (χ0) is 12.0. The van der Waals surface area contributed by atoms with E-state index in [2.05, 4.69) is 10.6 Å². The third-order valence-electron chi connectivity index (χ3n) is 1.87. The van der Waals surface area contributed by atoms with Crippen molar-refractivity contribution in [2.45, 2.75) is 13.3 Å². The lowest BCUT2D eigenvalue weighted by Crippen LogP contribution is -2.30. The molecule has 0 aliphatic rings. The summed E-state index contributed by atoms with van der Waals surface area (Å²) in [5, 5.41) is 5.25. The highest BCUT2D eigenvalue weighted by Gasteiger charge is 2.12. The molecule has 0 saturated heterocycles. The second-order valence-electron chi connectivity index (χ2n) is 3.07. The van der Waals surface area contributed by atoms with E-state index in [0.717, 1.165) is 0 Å². The van der Waals surface area contributed by atoms with Gasteiger partial charge in [-0.3, -0.25) is 9.59 Å². The Morgan fingerprint density at radius 2 is 2.19 bits per heavy atom. The van der Waals surface area contributed by atoms with Crippen LogP contribution in [0.5, 0.6) is 0 Å². The van der Waals surface area contributed by atoms with Crippen LogP contribution in [0.15, 0.2) is 16.7 Å². The quantitative estimate of drug-likeness (QED) is 0.817. The third-order valence-corrected chi connectivity index (χ3v) is 2.17. The molecular weight excluding hydrogens is 232 g/mol. The number of rotatable bonds is 5. The smallest absolute Gasteiger partial charge is 0.256 e. The second kappa shape index (κ2) is 6.17. The average Bonchev–Trinajstić information content (AvgIpc) is 2.64. The number of furan rings is 1. The maximum atomic E-state index is 11.5. The Morgan fingerprint density at radius 1 is 1.44 bits per heavy atom. The molecule has 0 aliphatic heterocycles. The van der Waals surface area contributed by atoms with Crippen LogP contribution in [0, 0.1) is 0 Å². The van der Waals surface area contributed by atoms with Crippen LogP contribution in [0.4, 0.5) is 0 Å². The van der Waals surface area contributed by atoms with E-state index in [1.165, 1.54) is 12.3 Å². The Kier molecular flexibility index (Phi) is 4.85. The fourth-order valence-electron chi connectivity index (χ4n) is 1.13. The molecule has 0 radical (unpaired) electrons. The number of hydrogen-bond donors (Lipinski definition) is 2. The lowest BCUT2D eigenvalue weighted by Gasteiger charge is -2.03. The number of carbonyl (C=O) groups excluding carboxylic acids is 2. The summed E-state index contributed by atoms with van der Waals surface area (Å²) in [6.07, 6.45) is 1.58.